The SMILES string of the molecule is CC/C=C\C/C=C\C/C=C\CCCCCCC(O)C(=O)OCCCCCCCC. The van der Waals surface area contributed by atoms with Crippen LogP contribution in [-0.2, 0) is 9.53 Å². The lowest BCUT2D eigenvalue weighted by atomic mass is 10.1. The van der Waals surface area contributed by atoms with Crippen molar-refractivity contribution in [2.45, 2.75) is 116 Å². The molecule has 3 heteroatoms. The van der Waals surface area contributed by atoms with E-state index < -0.39 is 12.1 Å². The third kappa shape index (κ3) is 21.2. The molecule has 0 aliphatic rings. The maximum atomic E-state index is 11.8. The Labute approximate surface area is 180 Å². The van der Waals surface area contributed by atoms with E-state index in [0.717, 1.165) is 64.2 Å². The summed E-state index contributed by atoms with van der Waals surface area (Å²) < 4.78 is 5.17. The molecular weight excluding hydrogens is 360 g/mol. The van der Waals surface area contributed by atoms with Crippen molar-refractivity contribution in [1.29, 1.82) is 0 Å². The monoisotopic (exact) mass is 406 g/mol. The van der Waals surface area contributed by atoms with Crippen LogP contribution in [0.2, 0.25) is 0 Å². The highest BCUT2D eigenvalue weighted by molar-refractivity contribution is 5.74. The topological polar surface area (TPSA) is 46.5 Å². The molecule has 0 saturated heterocycles. The van der Waals surface area contributed by atoms with Gasteiger partial charge in [-0.05, 0) is 44.9 Å². The molecule has 0 aliphatic carbocycles. The molecule has 0 bridgehead atoms. The van der Waals surface area contributed by atoms with Crippen molar-refractivity contribution in [2.75, 3.05) is 6.61 Å². The summed E-state index contributed by atoms with van der Waals surface area (Å²) in [5.74, 6) is -0.445. The summed E-state index contributed by atoms with van der Waals surface area (Å²) in [6.07, 6.45) is 28.3. The van der Waals surface area contributed by atoms with Gasteiger partial charge in [-0.2, -0.15) is 0 Å². The summed E-state index contributed by atoms with van der Waals surface area (Å²) in [4.78, 5) is 11.8. The minimum atomic E-state index is -0.950. The first-order chi connectivity index (χ1) is 14.2. The van der Waals surface area contributed by atoms with E-state index in [1.807, 2.05) is 0 Å². The number of rotatable bonds is 20. The molecule has 0 fully saturated rings. The van der Waals surface area contributed by atoms with Crippen LogP contribution in [0.3, 0.4) is 0 Å². The van der Waals surface area contributed by atoms with Crippen LogP contribution in [-0.4, -0.2) is 23.8 Å². The van der Waals surface area contributed by atoms with E-state index in [2.05, 4.69) is 50.3 Å². The quantitative estimate of drug-likeness (QED) is 0.130. The number of hydrogen-bond acceptors (Lipinski definition) is 3. The summed E-state index contributed by atoms with van der Waals surface area (Å²) in [6.45, 7) is 4.80. The number of aliphatic hydroxyl groups is 1. The number of hydrogen-bond donors (Lipinski definition) is 1. The van der Waals surface area contributed by atoms with Gasteiger partial charge in [0.2, 0.25) is 0 Å². The van der Waals surface area contributed by atoms with Crippen molar-refractivity contribution in [3.63, 3.8) is 0 Å². The third-order valence-corrected chi connectivity index (χ3v) is 4.89. The molecule has 0 radical (unpaired) electrons. The standard InChI is InChI=1S/C26H46O3/c1-3-5-7-9-11-12-13-14-15-16-17-18-19-21-23-25(27)26(28)29-24-22-20-10-8-6-4-2/h5,7,11-12,14-15,25,27H,3-4,6,8-10,13,16-24H2,1-2H3/b7-5-,12-11-,15-14-. The molecule has 1 N–H and O–H groups in total. The lowest BCUT2D eigenvalue weighted by molar-refractivity contribution is -0.154. The molecule has 168 valence electrons. The number of carbonyl (C=O) groups is 1. The van der Waals surface area contributed by atoms with Crippen molar-refractivity contribution in [3.05, 3.63) is 36.5 Å². The fraction of sp³-hybridized carbons (Fsp3) is 0.731. The molecule has 0 spiro atoms. The third-order valence-electron chi connectivity index (χ3n) is 4.89. The number of ether oxygens (including phenoxy) is 1. The van der Waals surface area contributed by atoms with Gasteiger partial charge in [0, 0.05) is 0 Å². The first-order valence-electron chi connectivity index (χ1n) is 12.0. The van der Waals surface area contributed by atoms with Gasteiger partial charge in [-0.3, -0.25) is 0 Å². The molecular formula is C26H46O3. The highest BCUT2D eigenvalue weighted by Crippen LogP contribution is 2.10. The number of carbonyl (C=O) groups excluding carboxylic acids is 1. The molecule has 0 aromatic rings. The number of allylic oxidation sites excluding steroid dienone is 6. The molecule has 3 nitrogen and oxygen atoms in total. The number of unbranched alkanes of at least 4 members (excludes halogenated alkanes) is 9. The Kier molecular flexibility index (Phi) is 21.9. The van der Waals surface area contributed by atoms with Gasteiger partial charge in [0.25, 0.3) is 0 Å². The summed E-state index contributed by atoms with van der Waals surface area (Å²) >= 11 is 0. The zero-order chi connectivity index (χ0) is 21.4. The van der Waals surface area contributed by atoms with E-state index in [4.69, 9.17) is 4.74 Å². The van der Waals surface area contributed by atoms with Gasteiger partial charge in [-0.1, -0.05) is 102 Å². The molecule has 0 heterocycles. The van der Waals surface area contributed by atoms with Crippen LogP contribution >= 0.6 is 0 Å². The second kappa shape index (κ2) is 22.9. The van der Waals surface area contributed by atoms with Crippen molar-refractivity contribution in [3.8, 4) is 0 Å². The normalized spacial score (nSPS) is 13.1. The van der Waals surface area contributed by atoms with Gasteiger partial charge in [0.1, 0.15) is 0 Å². The van der Waals surface area contributed by atoms with Crippen molar-refractivity contribution < 1.29 is 14.6 Å². The van der Waals surface area contributed by atoms with Gasteiger partial charge in [0.15, 0.2) is 6.10 Å². The van der Waals surface area contributed by atoms with Crippen molar-refractivity contribution in [2.24, 2.45) is 0 Å². The van der Waals surface area contributed by atoms with Crippen LogP contribution in [0.1, 0.15) is 110 Å². The smallest absolute Gasteiger partial charge is 0.334 e. The molecule has 1 atom stereocenters. The Morgan fingerprint density at radius 3 is 2.07 bits per heavy atom. The van der Waals surface area contributed by atoms with Crippen LogP contribution in [0.4, 0.5) is 0 Å². The first-order valence-corrected chi connectivity index (χ1v) is 12.0. The Morgan fingerprint density at radius 1 is 0.759 bits per heavy atom. The number of aliphatic hydroxyl groups excluding tert-OH is 1. The average molecular weight is 407 g/mol. The summed E-state index contributed by atoms with van der Waals surface area (Å²) in [7, 11) is 0. The van der Waals surface area contributed by atoms with E-state index >= 15 is 0 Å². The van der Waals surface area contributed by atoms with Gasteiger partial charge < -0.3 is 9.84 Å². The summed E-state index contributed by atoms with van der Waals surface area (Å²) in [5, 5.41) is 9.89. The highest BCUT2D eigenvalue weighted by Gasteiger charge is 2.15. The average Bonchev–Trinajstić information content (AvgIpc) is 2.73. The zero-order valence-electron chi connectivity index (χ0n) is 19.1. The summed E-state index contributed by atoms with van der Waals surface area (Å²) in [5.41, 5.74) is 0. The highest BCUT2D eigenvalue weighted by atomic mass is 16.5. The second-order valence-electron chi connectivity index (χ2n) is 7.74. The van der Waals surface area contributed by atoms with E-state index in [9.17, 15) is 9.90 Å². The molecule has 0 aliphatic heterocycles. The van der Waals surface area contributed by atoms with Crippen LogP contribution in [0.5, 0.6) is 0 Å². The van der Waals surface area contributed by atoms with Crippen LogP contribution < -0.4 is 0 Å². The van der Waals surface area contributed by atoms with Crippen LogP contribution in [0.15, 0.2) is 36.5 Å². The van der Waals surface area contributed by atoms with Gasteiger partial charge in [0.05, 0.1) is 6.61 Å². The van der Waals surface area contributed by atoms with E-state index in [-0.39, 0.29) is 0 Å². The maximum Gasteiger partial charge on any atom is 0.334 e. The lowest BCUT2D eigenvalue weighted by Gasteiger charge is -2.10. The van der Waals surface area contributed by atoms with E-state index in [0.29, 0.717) is 13.0 Å². The number of esters is 1. The van der Waals surface area contributed by atoms with Gasteiger partial charge in [-0.15, -0.1) is 0 Å². The predicted octanol–water partition coefficient (Wildman–Crippen LogP) is 7.45. The fourth-order valence-corrected chi connectivity index (χ4v) is 3.05. The summed E-state index contributed by atoms with van der Waals surface area (Å²) in [6, 6.07) is 0. The Morgan fingerprint density at radius 2 is 1.34 bits per heavy atom. The van der Waals surface area contributed by atoms with Crippen molar-refractivity contribution in [1.82, 2.24) is 0 Å². The molecule has 0 amide bonds. The zero-order valence-corrected chi connectivity index (χ0v) is 19.1. The largest absolute Gasteiger partial charge is 0.464 e. The fourth-order valence-electron chi connectivity index (χ4n) is 3.05. The molecule has 29 heavy (non-hydrogen) atoms. The van der Waals surface area contributed by atoms with Gasteiger partial charge in [-0.25, -0.2) is 4.79 Å². The van der Waals surface area contributed by atoms with Gasteiger partial charge >= 0.3 is 5.97 Å². The van der Waals surface area contributed by atoms with Crippen molar-refractivity contribution >= 4 is 5.97 Å². The Balaban J connectivity index is 3.45. The molecule has 0 aromatic heterocycles. The lowest BCUT2D eigenvalue weighted by Crippen LogP contribution is -2.23. The van der Waals surface area contributed by atoms with Crippen LogP contribution in [0, 0.1) is 0 Å². The Bertz CT molecular complexity index is 437. The molecule has 0 aromatic carbocycles. The van der Waals surface area contributed by atoms with Crippen LogP contribution in [0.25, 0.3) is 0 Å². The predicted molar refractivity (Wildman–Crippen MR) is 125 cm³/mol. The molecule has 1 unspecified atom stereocenters. The minimum Gasteiger partial charge on any atom is -0.464 e. The first kappa shape index (κ1) is 27.6. The maximum absolute atomic E-state index is 11.8. The van der Waals surface area contributed by atoms with E-state index in [1.54, 1.807) is 0 Å². The Hall–Kier alpha value is -1.35. The minimum absolute atomic E-state index is 0.443. The second-order valence-corrected chi connectivity index (χ2v) is 7.74. The molecule has 0 rings (SSSR count). The molecule has 0 saturated carbocycles. The van der Waals surface area contributed by atoms with E-state index in [1.165, 1.54) is 25.7 Å².